The Bertz CT molecular complexity index is 347. The summed E-state index contributed by atoms with van der Waals surface area (Å²) in [6.07, 6.45) is -1.00. The number of carboxylic acids is 2. The summed E-state index contributed by atoms with van der Waals surface area (Å²) in [5, 5.41) is 24.5. The van der Waals surface area contributed by atoms with E-state index in [1.807, 2.05) is 0 Å². The Labute approximate surface area is 116 Å². The van der Waals surface area contributed by atoms with Crippen molar-refractivity contribution in [2.24, 2.45) is 5.41 Å². The van der Waals surface area contributed by atoms with Gasteiger partial charge in [0.05, 0.1) is 13.2 Å². The molecule has 2 aliphatic heterocycles. The van der Waals surface area contributed by atoms with E-state index in [2.05, 4.69) is 10.6 Å². The highest BCUT2D eigenvalue weighted by atomic mass is 16.5. The van der Waals surface area contributed by atoms with E-state index in [9.17, 15) is 14.7 Å². The van der Waals surface area contributed by atoms with Gasteiger partial charge in [-0.3, -0.25) is 20.2 Å². The molecule has 20 heavy (non-hydrogen) atoms. The summed E-state index contributed by atoms with van der Waals surface area (Å²) >= 11 is 0. The third-order valence-electron chi connectivity index (χ3n) is 3.75. The average Bonchev–Trinajstić information content (AvgIpc) is 3.06. The molecule has 8 heteroatoms. The third-order valence-corrected chi connectivity index (χ3v) is 3.75. The lowest BCUT2D eigenvalue weighted by Gasteiger charge is -2.38. The molecule has 8 nitrogen and oxygen atoms in total. The van der Waals surface area contributed by atoms with E-state index in [1.165, 1.54) is 0 Å². The van der Waals surface area contributed by atoms with Gasteiger partial charge in [0.15, 0.2) is 0 Å². The number of carboxylic acid groups (broad SMARTS) is 2. The highest BCUT2D eigenvalue weighted by molar-refractivity contribution is 5.76. The number of nitrogens with one attached hydrogen (secondary N) is 2. The van der Waals surface area contributed by atoms with E-state index in [4.69, 9.17) is 14.6 Å². The monoisotopic (exact) mass is 288 g/mol. The molecule has 0 radical (unpaired) electrons. The zero-order valence-corrected chi connectivity index (χ0v) is 11.1. The smallest absolute Gasteiger partial charge is 0.317 e. The first-order valence-electron chi connectivity index (χ1n) is 6.72. The first-order chi connectivity index (χ1) is 9.57. The van der Waals surface area contributed by atoms with Crippen LogP contribution in [0.1, 0.15) is 19.3 Å². The maximum absolute atomic E-state index is 11.9. The normalized spacial score (nSPS) is 29.2. The first-order valence-corrected chi connectivity index (χ1v) is 6.72. The molecule has 2 aliphatic rings. The van der Waals surface area contributed by atoms with Crippen LogP contribution in [0.25, 0.3) is 0 Å². The SMILES string of the molecule is O=C(O)CCCC(C(=O)O)(C1NCCO1)C1NCCO1. The van der Waals surface area contributed by atoms with Crippen LogP contribution in [0.5, 0.6) is 0 Å². The quantitative estimate of drug-likeness (QED) is 0.481. The zero-order chi connectivity index (χ0) is 14.6. The Morgan fingerprint density at radius 3 is 2.00 bits per heavy atom. The second kappa shape index (κ2) is 6.49. The number of aliphatic carboxylic acids is 2. The molecule has 2 heterocycles. The Hall–Kier alpha value is -1.22. The zero-order valence-electron chi connectivity index (χ0n) is 11.1. The van der Waals surface area contributed by atoms with Crippen molar-refractivity contribution in [3.05, 3.63) is 0 Å². The van der Waals surface area contributed by atoms with Crippen LogP contribution in [0.15, 0.2) is 0 Å². The molecular formula is C12H20N2O6. The van der Waals surface area contributed by atoms with Gasteiger partial charge in [0.2, 0.25) is 0 Å². The minimum Gasteiger partial charge on any atom is -0.481 e. The molecule has 0 spiro atoms. The number of rotatable bonds is 7. The van der Waals surface area contributed by atoms with Gasteiger partial charge < -0.3 is 19.7 Å². The summed E-state index contributed by atoms with van der Waals surface area (Å²) in [6.45, 7) is 2.02. The summed E-state index contributed by atoms with van der Waals surface area (Å²) in [5.41, 5.74) is -1.32. The molecule has 0 aromatic rings. The van der Waals surface area contributed by atoms with Crippen LogP contribution in [-0.2, 0) is 19.1 Å². The molecule has 0 aromatic carbocycles. The number of hydrogen-bond acceptors (Lipinski definition) is 6. The number of ether oxygens (including phenoxy) is 2. The maximum atomic E-state index is 11.9. The topological polar surface area (TPSA) is 117 Å². The lowest BCUT2D eigenvalue weighted by Crippen LogP contribution is -2.59. The van der Waals surface area contributed by atoms with Crippen LogP contribution < -0.4 is 10.6 Å². The van der Waals surface area contributed by atoms with Crippen LogP contribution in [0.3, 0.4) is 0 Å². The van der Waals surface area contributed by atoms with Gasteiger partial charge >= 0.3 is 11.9 Å². The molecule has 2 rings (SSSR count). The summed E-state index contributed by atoms with van der Waals surface area (Å²) < 4.78 is 11.0. The fourth-order valence-electron chi connectivity index (χ4n) is 2.78. The predicted octanol–water partition coefficient (Wildman–Crippen LogP) is -0.796. The molecule has 2 fully saturated rings. The molecule has 0 aliphatic carbocycles. The van der Waals surface area contributed by atoms with Gasteiger partial charge in [-0.25, -0.2) is 0 Å². The summed E-state index contributed by atoms with van der Waals surface area (Å²) in [6, 6.07) is 0. The molecule has 114 valence electrons. The van der Waals surface area contributed by atoms with Gasteiger partial charge in [0.25, 0.3) is 0 Å². The van der Waals surface area contributed by atoms with Gasteiger partial charge in [-0.05, 0) is 12.8 Å². The number of hydrogen-bond donors (Lipinski definition) is 4. The Balaban J connectivity index is 2.18. The molecule has 2 saturated heterocycles. The van der Waals surface area contributed by atoms with Gasteiger partial charge in [-0.1, -0.05) is 0 Å². The molecule has 0 aromatic heterocycles. The second-order valence-corrected chi connectivity index (χ2v) is 5.00. The van der Waals surface area contributed by atoms with Crippen molar-refractivity contribution in [1.82, 2.24) is 10.6 Å². The van der Waals surface area contributed by atoms with E-state index < -0.39 is 29.8 Å². The van der Waals surface area contributed by atoms with Crippen molar-refractivity contribution in [3.8, 4) is 0 Å². The van der Waals surface area contributed by atoms with Crippen molar-refractivity contribution < 1.29 is 29.3 Å². The van der Waals surface area contributed by atoms with Crippen molar-refractivity contribution in [1.29, 1.82) is 0 Å². The fourth-order valence-corrected chi connectivity index (χ4v) is 2.78. The van der Waals surface area contributed by atoms with Crippen LogP contribution in [0.2, 0.25) is 0 Å². The van der Waals surface area contributed by atoms with E-state index >= 15 is 0 Å². The minimum absolute atomic E-state index is 0.0749. The van der Waals surface area contributed by atoms with Crippen molar-refractivity contribution in [2.75, 3.05) is 26.3 Å². The molecule has 2 unspecified atom stereocenters. The van der Waals surface area contributed by atoms with Crippen molar-refractivity contribution in [2.45, 2.75) is 31.7 Å². The highest BCUT2D eigenvalue weighted by Gasteiger charge is 2.55. The fraction of sp³-hybridized carbons (Fsp3) is 0.833. The van der Waals surface area contributed by atoms with Gasteiger partial charge in [-0.15, -0.1) is 0 Å². The Morgan fingerprint density at radius 1 is 1.10 bits per heavy atom. The maximum Gasteiger partial charge on any atom is 0.317 e. The van der Waals surface area contributed by atoms with Gasteiger partial charge in [0, 0.05) is 19.5 Å². The van der Waals surface area contributed by atoms with E-state index in [-0.39, 0.29) is 19.3 Å². The van der Waals surface area contributed by atoms with Crippen LogP contribution in [0.4, 0.5) is 0 Å². The molecular weight excluding hydrogens is 268 g/mol. The second-order valence-electron chi connectivity index (χ2n) is 5.00. The molecule has 2 atom stereocenters. The predicted molar refractivity (Wildman–Crippen MR) is 67.0 cm³/mol. The van der Waals surface area contributed by atoms with Crippen molar-refractivity contribution >= 4 is 11.9 Å². The number of carbonyl (C=O) groups is 2. The van der Waals surface area contributed by atoms with Gasteiger partial charge in [-0.2, -0.15) is 0 Å². The van der Waals surface area contributed by atoms with E-state index in [1.54, 1.807) is 0 Å². The third kappa shape index (κ3) is 2.93. The summed E-state index contributed by atoms with van der Waals surface area (Å²) in [4.78, 5) is 22.5. The molecule has 4 N–H and O–H groups in total. The molecule has 0 bridgehead atoms. The standard InChI is InChI=1S/C12H20N2O6/c15-8(16)2-1-3-12(11(17)18,9-13-4-6-19-9)10-14-5-7-20-10/h9-10,13-14H,1-7H2,(H,15,16)(H,17,18). The van der Waals surface area contributed by atoms with Crippen LogP contribution in [0, 0.1) is 5.41 Å². The lowest BCUT2D eigenvalue weighted by atomic mass is 9.78. The lowest BCUT2D eigenvalue weighted by molar-refractivity contribution is -0.177. The van der Waals surface area contributed by atoms with Crippen LogP contribution >= 0.6 is 0 Å². The minimum atomic E-state index is -1.32. The highest BCUT2D eigenvalue weighted by Crippen LogP contribution is 2.37. The first kappa shape index (κ1) is 15.2. The summed E-state index contributed by atoms with van der Waals surface area (Å²) in [7, 11) is 0. The molecule has 0 amide bonds. The van der Waals surface area contributed by atoms with E-state index in [0.29, 0.717) is 26.3 Å². The largest absolute Gasteiger partial charge is 0.481 e. The average molecular weight is 288 g/mol. The Morgan fingerprint density at radius 2 is 1.65 bits per heavy atom. The van der Waals surface area contributed by atoms with Crippen LogP contribution in [-0.4, -0.2) is 60.9 Å². The summed E-state index contributed by atoms with van der Waals surface area (Å²) in [5.74, 6) is -1.98. The molecule has 0 saturated carbocycles. The van der Waals surface area contributed by atoms with Gasteiger partial charge in [0.1, 0.15) is 17.9 Å². The Kier molecular flexibility index (Phi) is 4.92. The van der Waals surface area contributed by atoms with Crippen molar-refractivity contribution in [3.63, 3.8) is 0 Å². The van der Waals surface area contributed by atoms with E-state index in [0.717, 1.165) is 0 Å².